The zero-order chi connectivity index (χ0) is 9.90. The van der Waals surface area contributed by atoms with Gasteiger partial charge < -0.3 is 19.5 Å². The highest BCUT2D eigenvalue weighted by atomic mass is 16.6. The molecule has 72 valence electrons. The van der Waals surface area contributed by atoms with E-state index in [1.165, 1.54) is 0 Å². The molecule has 13 heavy (non-hydrogen) atoms. The van der Waals surface area contributed by atoms with Crippen LogP contribution in [0.25, 0.3) is 0 Å². The van der Waals surface area contributed by atoms with Gasteiger partial charge in [0, 0.05) is 0 Å². The molecule has 6 nitrogen and oxygen atoms in total. The van der Waals surface area contributed by atoms with Gasteiger partial charge in [-0.05, 0) is 0 Å². The Morgan fingerprint density at radius 3 is 2.15 bits per heavy atom. The Hall–Kier alpha value is -1.08. The maximum atomic E-state index is 10.4. The molecular formula is C6H9BO6. The van der Waals surface area contributed by atoms with E-state index in [4.69, 9.17) is 19.5 Å². The molecular weight excluding hydrogens is 179 g/mol. The third kappa shape index (κ3) is 2.71. The first-order valence-electron chi connectivity index (χ1n) is 3.69. The highest BCUT2D eigenvalue weighted by molar-refractivity contribution is 6.19. The summed E-state index contributed by atoms with van der Waals surface area (Å²) in [4.78, 5) is 20.8. The predicted octanol–water partition coefficient (Wildman–Crippen LogP) is -1.01. The molecule has 0 spiro atoms. The van der Waals surface area contributed by atoms with Crippen LogP contribution in [0.2, 0.25) is 0 Å². The second-order valence-electron chi connectivity index (χ2n) is 2.93. The maximum absolute atomic E-state index is 10.4. The van der Waals surface area contributed by atoms with Crippen molar-refractivity contribution >= 4 is 19.6 Å². The Labute approximate surface area is 74.8 Å². The van der Waals surface area contributed by atoms with Crippen molar-refractivity contribution in [2.75, 3.05) is 6.61 Å². The number of carboxylic acid groups (broad SMARTS) is 2. The minimum atomic E-state index is -1.18. The zero-order valence-corrected chi connectivity index (χ0v) is 6.86. The summed E-state index contributed by atoms with van der Waals surface area (Å²) in [6.45, 7) is 0.0194. The van der Waals surface area contributed by atoms with Gasteiger partial charge in [0.05, 0.1) is 25.0 Å². The molecule has 0 saturated carbocycles. The fraction of sp³-hybridized carbons (Fsp3) is 0.667. The lowest BCUT2D eigenvalue weighted by Crippen LogP contribution is -2.37. The van der Waals surface area contributed by atoms with Crippen LogP contribution in [0.3, 0.4) is 0 Å². The molecule has 0 aromatic rings. The number of hydrogen-bond donors (Lipinski definition) is 2. The summed E-state index contributed by atoms with van der Waals surface area (Å²) in [5, 5.41) is 17.0. The van der Waals surface area contributed by atoms with Crippen LogP contribution in [-0.4, -0.2) is 42.0 Å². The van der Waals surface area contributed by atoms with Crippen molar-refractivity contribution in [1.29, 1.82) is 0 Å². The van der Waals surface area contributed by atoms with Crippen LogP contribution in [-0.2, 0) is 18.9 Å². The smallest absolute Gasteiger partial charge is 0.438 e. The van der Waals surface area contributed by atoms with Crippen LogP contribution < -0.4 is 0 Å². The van der Waals surface area contributed by atoms with Crippen molar-refractivity contribution in [3.8, 4) is 0 Å². The van der Waals surface area contributed by atoms with Crippen molar-refractivity contribution in [3.63, 3.8) is 0 Å². The molecule has 0 aliphatic carbocycles. The molecule has 0 unspecified atom stereocenters. The van der Waals surface area contributed by atoms with E-state index in [-0.39, 0.29) is 27.1 Å². The van der Waals surface area contributed by atoms with Gasteiger partial charge in [0.15, 0.2) is 0 Å². The maximum Gasteiger partial charge on any atom is 0.438 e. The van der Waals surface area contributed by atoms with Gasteiger partial charge in [-0.25, -0.2) is 0 Å². The average molecular weight is 188 g/mol. The summed E-state index contributed by atoms with van der Waals surface area (Å²) in [5.41, 5.74) is -1.18. The van der Waals surface area contributed by atoms with Gasteiger partial charge in [-0.2, -0.15) is 0 Å². The molecule has 0 aromatic heterocycles. The average Bonchev–Trinajstić information content (AvgIpc) is 2.33. The predicted molar refractivity (Wildman–Crippen MR) is 41.4 cm³/mol. The van der Waals surface area contributed by atoms with Crippen LogP contribution in [0.15, 0.2) is 0 Å². The Morgan fingerprint density at radius 2 is 1.85 bits per heavy atom. The van der Waals surface area contributed by atoms with E-state index < -0.39 is 17.5 Å². The normalized spacial score (nSPS) is 19.4. The third-order valence-electron chi connectivity index (χ3n) is 1.76. The van der Waals surface area contributed by atoms with Gasteiger partial charge in [-0.1, -0.05) is 0 Å². The van der Waals surface area contributed by atoms with Crippen LogP contribution >= 0.6 is 0 Å². The van der Waals surface area contributed by atoms with E-state index in [9.17, 15) is 9.59 Å². The second-order valence-corrected chi connectivity index (χ2v) is 2.93. The molecule has 1 aliphatic heterocycles. The van der Waals surface area contributed by atoms with E-state index in [2.05, 4.69) is 0 Å². The molecule has 1 saturated heterocycles. The first-order chi connectivity index (χ1) is 6.04. The fourth-order valence-electron chi connectivity index (χ4n) is 1.25. The largest absolute Gasteiger partial charge is 0.481 e. The summed E-state index contributed by atoms with van der Waals surface area (Å²) in [5.74, 6) is -2.18. The summed E-state index contributed by atoms with van der Waals surface area (Å²) >= 11 is 0. The van der Waals surface area contributed by atoms with E-state index in [0.717, 1.165) is 0 Å². The van der Waals surface area contributed by atoms with Crippen LogP contribution in [0.4, 0.5) is 0 Å². The first kappa shape index (κ1) is 10.0. The molecule has 1 rings (SSSR count). The minimum Gasteiger partial charge on any atom is -0.481 e. The highest BCUT2D eigenvalue weighted by Gasteiger charge is 2.40. The van der Waals surface area contributed by atoms with Crippen LogP contribution in [0.5, 0.6) is 0 Å². The Bertz CT molecular complexity index is 203. The Balaban J connectivity index is 2.62. The first-order valence-corrected chi connectivity index (χ1v) is 3.69. The van der Waals surface area contributed by atoms with Crippen molar-refractivity contribution in [3.05, 3.63) is 0 Å². The summed E-state index contributed by atoms with van der Waals surface area (Å²) in [6, 6.07) is 0. The van der Waals surface area contributed by atoms with Gasteiger partial charge in [-0.15, -0.1) is 0 Å². The van der Waals surface area contributed by atoms with Gasteiger partial charge in [0.25, 0.3) is 0 Å². The molecule has 0 atom stereocenters. The molecule has 0 amide bonds. The number of hydrogen-bond acceptors (Lipinski definition) is 4. The molecule has 1 fully saturated rings. The summed E-state index contributed by atoms with van der Waals surface area (Å²) in [6.07, 6.45) is -0.696. The van der Waals surface area contributed by atoms with E-state index in [0.29, 0.717) is 0 Å². The topological polar surface area (TPSA) is 93.1 Å². The molecule has 0 radical (unpaired) electrons. The zero-order valence-electron chi connectivity index (χ0n) is 6.86. The van der Waals surface area contributed by atoms with Crippen molar-refractivity contribution < 1.29 is 29.1 Å². The lowest BCUT2D eigenvalue weighted by molar-refractivity contribution is -0.146. The van der Waals surface area contributed by atoms with Crippen LogP contribution in [0.1, 0.15) is 12.8 Å². The molecule has 0 bridgehead atoms. The monoisotopic (exact) mass is 188 g/mol. The van der Waals surface area contributed by atoms with Crippen molar-refractivity contribution in [2.24, 2.45) is 0 Å². The van der Waals surface area contributed by atoms with E-state index in [1.54, 1.807) is 0 Å². The number of rotatable bonds is 4. The van der Waals surface area contributed by atoms with Gasteiger partial charge in [0.2, 0.25) is 0 Å². The highest BCUT2D eigenvalue weighted by Crippen LogP contribution is 2.25. The lowest BCUT2D eigenvalue weighted by Gasteiger charge is -2.23. The summed E-state index contributed by atoms with van der Waals surface area (Å²) in [7, 11) is -0.0411. The van der Waals surface area contributed by atoms with Gasteiger partial charge in [-0.3, -0.25) is 9.59 Å². The second kappa shape index (κ2) is 3.76. The van der Waals surface area contributed by atoms with Crippen LogP contribution in [0, 0.1) is 0 Å². The minimum absolute atomic E-state index is 0.0194. The summed E-state index contributed by atoms with van der Waals surface area (Å²) < 4.78 is 9.79. The molecule has 1 aliphatic rings. The van der Waals surface area contributed by atoms with Crippen molar-refractivity contribution in [2.45, 2.75) is 18.4 Å². The lowest BCUT2D eigenvalue weighted by atomic mass is 9.96. The SMILES string of the molecule is O=C(O)CC1(CC(=O)O)COBO1. The molecule has 1 heterocycles. The Morgan fingerprint density at radius 1 is 1.31 bits per heavy atom. The number of carbonyl (C=O) groups is 2. The molecule has 7 heteroatoms. The molecule has 2 N–H and O–H groups in total. The van der Waals surface area contributed by atoms with Gasteiger partial charge >= 0.3 is 19.6 Å². The quantitative estimate of drug-likeness (QED) is 0.549. The van der Waals surface area contributed by atoms with Crippen molar-refractivity contribution in [1.82, 2.24) is 0 Å². The fourth-order valence-corrected chi connectivity index (χ4v) is 1.25. The standard InChI is InChI=1S/C6H9BO6/c8-4(9)1-6(2-5(10)11)3-12-7-13-6/h7H,1-3H2,(H,8,9)(H,10,11). The number of aliphatic carboxylic acids is 2. The van der Waals surface area contributed by atoms with E-state index in [1.807, 2.05) is 0 Å². The third-order valence-corrected chi connectivity index (χ3v) is 1.76. The Kier molecular flexibility index (Phi) is 2.89. The van der Waals surface area contributed by atoms with E-state index >= 15 is 0 Å². The molecule has 0 aromatic carbocycles. The van der Waals surface area contributed by atoms with Gasteiger partial charge in [0.1, 0.15) is 0 Å². The number of carboxylic acids is 2.